The number of quaternary nitrogens is 1. The van der Waals surface area contributed by atoms with Crippen molar-refractivity contribution in [1.29, 1.82) is 0 Å². The topological polar surface area (TPSA) is 17.1 Å². The molecule has 0 aromatic carbocycles. The van der Waals surface area contributed by atoms with Crippen LogP contribution in [0.2, 0.25) is 0 Å². The molecule has 0 saturated heterocycles. The number of hydrogen-bond acceptors (Lipinski definition) is 1. The predicted molar refractivity (Wildman–Crippen MR) is 52.0 cm³/mol. The second-order valence-corrected chi connectivity index (χ2v) is 3.78. The molecule has 0 spiro atoms. The van der Waals surface area contributed by atoms with E-state index in [1.54, 1.807) is 6.92 Å². The number of ketones is 1. The van der Waals surface area contributed by atoms with Crippen molar-refractivity contribution in [3.8, 4) is 0 Å². The Bertz CT molecular complexity index is 139. The van der Waals surface area contributed by atoms with Crippen LogP contribution in [0.4, 0.5) is 0 Å². The maximum absolute atomic E-state index is 10.7. The maximum atomic E-state index is 10.7. The highest BCUT2D eigenvalue weighted by Gasteiger charge is 2.15. The van der Waals surface area contributed by atoms with Crippen molar-refractivity contribution in [2.24, 2.45) is 0 Å². The van der Waals surface area contributed by atoms with Crippen molar-refractivity contribution >= 4 is 5.78 Å². The number of Topliss-reactive ketones (excluding diaryl/α,β-unsaturated/α-hetero) is 1. The third-order valence-electron chi connectivity index (χ3n) is 2.75. The van der Waals surface area contributed by atoms with Crippen LogP contribution in [0.1, 0.15) is 33.6 Å². The normalized spacial score (nSPS) is 11.7. The standard InChI is InChI=1S/C10H22NO/c1-5-11(4,6-2)9-7-8-10(3)12/h5-9H2,1-4H3/q+1. The van der Waals surface area contributed by atoms with Gasteiger partial charge >= 0.3 is 0 Å². The lowest BCUT2D eigenvalue weighted by molar-refractivity contribution is -0.906. The lowest BCUT2D eigenvalue weighted by Gasteiger charge is -2.31. The lowest BCUT2D eigenvalue weighted by atomic mass is 10.2. The third-order valence-corrected chi connectivity index (χ3v) is 2.75. The Hall–Kier alpha value is -0.370. The van der Waals surface area contributed by atoms with Crippen LogP contribution in [0.25, 0.3) is 0 Å². The Morgan fingerprint density at radius 1 is 1.25 bits per heavy atom. The molecule has 12 heavy (non-hydrogen) atoms. The fourth-order valence-electron chi connectivity index (χ4n) is 1.25. The molecule has 0 atom stereocenters. The summed E-state index contributed by atoms with van der Waals surface area (Å²) in [5.74, 6) is 0.314. The van der Waals surface area contributed by atoms with E-state index in [-0.39, 0.29) is 0 Å². The Morgan fingerprint density at radius 2 is 1.75 bits per heavy atom. The van der Waals surface area contributed by atoms with Crippen molar-refractivity contribution < 1.29 is 9.28 Å². The quantitative estimate of drug-likeness (QED) is 0.559. The summed E-state index contributed by atoms with van der Waals surface area (Å²) in [7, 11) is 2.25. The number of carbonyl (C=O) groups excluding carboxylic acids is 1. The van der Waals surface area contributed by atoms with E-state index >= 15 is 0 Å². The second-order valence-electron chi connectivity index (χ2n) is 3.78. The average Bonchev–Trinajstić information content (AvgIpc) is 2.03. The molecular formula is C10H22NO+. The summed E-state index contributed by atoms with van der Waals surface area (Å²) in [5, 5.41) is 0. The Balaban J connectivity index is 3.65. The van der Waals surface area contributed by atoms with Crippen LogP contribution < -0.4 is 0 Å². The van der Waals surface area contributed by atoms with Crippen LogP contribution in [-0.2, 0) is 4.79 Å². The molecule has 0 fully saturated rings. The van der Waals surface area contributed by atoms with E-state index in [1.807, 2.05) is 0 Å². The molecule has 72 valence electrons. The van der Waals surface area contributed by atoms with Crippen LogP contribution in [-0.4, -0.2) is 36.9 Å². The van der Waals surface area contributed by atoms with Crippen LogP contribution in [0, 0.1) is 0 Å². The van der Waals surface area contributed by atoms with Gasteiger partial charge < -0.3 is 9.28 Å². The number of nitrogens with zero attached hydrogens (tertiary/aromatic N) is 1. The minimum atomic E-state index is 0.314. The summed E-state index contributed by atoms with van der Waals surface area (Å²) in [5.41, 5.74) is 0. The monoisotopic (exact) mass is 172 g/mol. The predicted octanol–water partition coefficient (Wildman–Crippen LogP) is 1.84. The summed E-state index contributed by atoms with van der Waals surface area (Å²) in [4.78, 5) is 10.7. The van der Waals surface area contributed by atoms with Crippen LogP contribution in [0.5, 0.6) is 0 Å². The molecule has 0 bridgehead atoms. The molecule has 0 aliphatic heterocycles. The van der Waals surface area contributed by atoms with Gasteiger partial charge in [-0.05, 0) is 20.8 Å². The molecule has 0 unspecified atom stereocenters. The molecule has 0 rings (SSSR count). The molecule has 2 heteroatoms. The van der Waals surface area contributed by atoms with Crippen molar-refractivity contribution in [2.75, 3.05) is 26.7 Å². The minimum Gasteiger partial charge on any atom is -0.326 e. The summed E-state index contributed by atoms with van der Waals surface area (Å²) in [6.07, 6.45) is 1.78. The highest BCUT2D eigenvalue weighted by Crippen LogP contribution is 2.04. The van der Waals surface area contributed by atoms with E-state index in [2.05, 4.69) is 20.9 Å². The first-order valence-electron chi connectivity index (χ1n) is 4.87. The molecule has 0 aromatic rings. The molecule has 0 saturated carbocycles. The average molecular weight is 172 g/mol. The first-order chi connectivity index (χ1) is 5.54. The molecule has 0 aliphatic rings. The van der Waals surface area contributed by atoms with Crippen molar-refractivity contribution in [3.05, 3.63) is 0 Å². The summed E-state index contributed by atoms with van der Waals surface area (Å²) < 4.78 is 1.09. The molecule has 0 heterocycles. The number of hydrogen-bond donors (Lipinski definition) is 0. The molecule has 0 radical (unpaired) electrons. The minimum absolute atomic E-state index is 0.314. The van der Waals surface area contributed by atoms with E-state index in [4.69, 9.17) is 0 Å². The first-order valence-corrected chi connectivity index (χ1v) is 4.87. The zero-order chi connectivity index (χ0) is 9.61. The zero-order valence-electron chi connectivity index (χ0n) is 8.89. The molecule has 2 nitrogen and oxygen atoms in total. The van der Waals surface area contributed by atoms with Gasteiger partial charge in [0.2, 0.25) is 0 Å². The van der Waals surface area contributed by atoms with Crippen LogP contribution >= 0.6 is 0 Å². The summed E-state index contributed by atoms with van der Waals surface area (Å²) in [6, 6.07) is 0. The number of rotatable bonds is 6. The van der Waals surface area contributed by atoms with Gasteiger partial charge in [0.15, 0.2) is 0 Å². The summed E-state index contributed by atoms with van der Waals surface area (Å²) in [6.45, 7) is 9.53. The molecule has 0 aromatic heterocycles. The lowest BCUT2D eigenvalue weighted by Crippen LogP contribution is -2.44. The van der Waals surface area contributed by atoms with E-state index in [9.17, 15) is 4.79 Å². The van der Waals surface area contributed by atoms with E-state index < -0.39 is 0 Å². The van der Waals surface area contributed by atoms with Crippen LogP contribution in [0.3, 0.4) is 0 Å². The molecular weight excluding hydrogens is 150 g/mol. The molecule has 0 amide bonds. The third kappa shape index (κ3) is 4.50. The van der Waals surface area contributed by atoms with Gasteiger partial charge in [0.25, 0.3) is 0 Å². The van der Waals surface area contributed by atoms with E-state index in [0.29, 0.717) is 5.78 Å². The van der Waals surface area contributed by atoms with E-state index in [1.165, 1.54) is 0 Å². The van der Waals surface area contributed by atoms with Gasteiger partial charge in [-0.25, -0.2) is 0 Å². The van der Waals surface area contributed by atoms with Crippen molar-refractivity contribution in [3.63, 3.8) is 0 Å². The van der Waals surface area contributed by atoms with Gasteiger partial charge in [-0.2, -0.15) is 0 Å². The van der Waals surface area contributed by atoms with Gasteiger partial charge in [-0.15, -0.1) is 0 Å². The van der Waals surface area contributed by atoms with Gasteiger partial charge in [-0.1, -0.05) is 0 Å². The smallest absolute Gasteiger partial charge is 0.130 e. The van der Waals surface area contributed by atoms with Gasteiger partial charge in [0, 0.05) is 12.8 Å². The van der Waals surface area contributed by atoms with Gasteiger partial charge in [0.1, 0.15) is 5.78 Å². The van der Waals surface area contributed by atoms with Crippen LogP contribution in [0.15, 0.2) is 0 Å². The Labute approximate surface area is 76.2 Å². The van der Waals surface area contributed by atoms with Gasteiger partial charge in [-0.3, -0.25) is 0 Å². The van der Waals surface area contributed by atoms with Crippen molar-refractivity contribution in [1.82, 2.24) is 0 Å². The maximum Gasteiger partial charge on any atom is 0.130 e. The second kappa shape index (κ2) is 5.31. The SMILES string of the molecule is CC[N+](C)(CC)CCCC(C)=O. The highest BCUT2D eigenvalue weighted by atomic mass is 16.1. The fourth-order valence-corrected chi connectivity index (χ4v) is 1.25. The fraction of sp³-hybridized carbons (Fsp3) is 0.900. The molecule has 0 aliphatic carbocycles. The van der Waals surface area contributed by atoms with Crippen molar-refractivity contribution in [2.45, 2.75) is 33.6 Å². The Kier molecular flexibility index (Phi) is 5.14. The van der Waals surface area contributed by atoms with E-state index in [0.717, 1.165) is 37.0 Å². The molecule has 0 N–H and O–H groups in total. The zero-order valence-corrected chi connectivity index (χ0v) is 8.89. The van der Waals surface area contributed by atoms with Gasteiger partial charge in [0.05, 0.1) is 26.7 Å². The largest absolute Gasteiger partial charge is 0.326 e. The first kappa shape index (κ1) is 11.6. The number of carbonyl (C=O) groups is 1. The highest BCUT2D eigenvalue weighted by molar-refractivity contribution is 5.75. The summed E-state index contributed by atoms with van der Waals surface area (Å²) >= 11 is 0. The Morgan fingerprint density at radius 3 is 2.08 bits per heavy atom.